The van der Waals surface area contributed by atoms with Crippen molar-refractivity contribution in [2.45, 2.75) is 6.54 Å². The normalized spacial score (nSPS) is 10.8. The highest BCUT2D eigenvalue weighted by atomic mass is 35.5. The molecule has 0 aliphatic rings. The van der Waals surface area contributed by atoms with Gasteiger partial charge in [-0.25, -0.2) is 0 Å². The van der Waals surface area contributed by atoms with Gasteiger partial charge in [-0.1, -0.05) is 41.9 Å². The minimum atomic E-state index is 0.636. The predicted octanol–water partition coefficient (Wildman–Crippen LogP) is 4.15. The number of hydrogen-bond acceptors (Lipinski definition) is 1. The highest BCUT2D eigenvalue weighted by molar-refractivity contribution is 6.30. The van der Waals surface area contributed by atoms with E-state index < -0.39 is 0 Å². The fourth-order valence-corrected chi connectivity index (χ4v) is 2.42. The van der Waals surface area contributed by atoms with E-state index in [0.29, 0.717) is 5.15 Å². The molecule has 0 N–H and O–H groups in total. The second-order valence-electron chi connectivity index (χ2n) is 4.37. The number of benzene rings is 2. The molecule has 0 fully saturated rings. The summed E-state index contributed by atoms with van der Waals surface area (Å²) in [6, 6.07) is 19.3. The number of hydrogen-bond donors (Lipinski definition) is 0. The first kappa shape index (κ1) is 12.1. The zero-order valence-corrected chi connectivity index (χ0v) is 11.3. The molecule has 1 aromatic heterocycles. The molecule has 0 spiro atoms. The molecule has 0 amide bonds. The van der Waals surface area contributed by atoms with Crippen molar-refractivity contribution in [1.29, 1.82) is 0 Å². The first-order valence-corrected chi connectivity index (χ1v) is 6.45. The van der Waals surface area contributed by atoms with E-state index in [4.69, 9.17) is 16.3 Å². The number of methoxy groups -OCH3 is 1. The average Bonchev–Trinajstić information content (AvgIpc) is 2.76. The molecule has 0 saturated heterocycles. The number of ether oxygens (including phenoxy) is 1. The third-order valence-corrected chi connectivity index (χ3v) is 3.47. The summed E-state index contributed by atoms with van der Waals surface area (Å²) in [7, 11) is 1.67. The lowest BCUT2D eigenvalue weighted by Crippen LogP contribution is -1.99. The van der Waals surface area contributed by atoms with Crippen LogP contribution in [0.15, 0.2) is 48.5 Å². The van der Waals surface area contributed by atoms with Crippen molar-refractivity contribution in [1.82, 2.24) is 4.57 Å². The second kappa shape index (κ2) is 4.98. The van der Waals surface area contributed by atoms with Crippen molar-refractivity contribution in [3.05, 3.63) is 65.3 Å². The SMILES string of the molecule is COc1ccc(Cn2c(Cl)[c]c3ccccc32)cc1. The van der Waals surface area contributed by atoms with Crippen LogP contribution < -0.4 is 4.74 Å². The number of para-hydroxylation sites is 1. The van der Waals surface area contributed by atoms with Crippen molar-refractivity contribution in [2.24, 2.45) is 0 Å². The Morgan fingerprint density at radius 3 is 2.58 bits per heavy atom. The number of nitrogens with zero attached hydrogens (tertiary/aromatic N) is 1. The van der Waals surface area contributed by atoms with E-state index >= 15 is 0 Å². The number of aromatic nitrogens is 1. The van der Waals surface area contributed by atoms with Gasteiger partial charge in [0.15, 0.2) is 0 Å². The standard InChI is InChI=1S/C16H13ClNO/c1-19-14-8-6-12(7-9-14)11-18-15-5-3-2-4-13(15)10-16(18)17/h2-9H,11H2,1H3. The van der Waals surface area contributed by atoms with Crippen LogP contribution in [0.3, 0.4) is 0 Å². The molecule has 3 rings (SSSR count). The first-order valence-electron chi connectivity index (χ1n) is 6.07. The van der Waals surface area contributed by atoms with E-state index in [-0.39, 0.29) is 0 Å². The van der Waals surface area contributed by atoms with Gasteiger partial charge in [-0.3, -0.25) is 0 Å². The third-order valence-electron chi connectivity index (χ3n) is 3.17. The van der Waals surface area contributed by atoms with Crippen LogP contribution in [-0.4, -0.2) is 11.7 Å². The van der Waals surface area contributed by atoms with Crippen LogP contribution in [0.2, 0.25) is 5.15 Å². The van der Waals surface area contributed by atoms with Gasteiger partial charge in [0, 0.05) is 18.0 Å². The summed E-state index contributed by atoms with van der Waals surface area (Å²) < 4.78 is 7.21. The maximum atomic E-state index is 6.26. The van der Waals surface area contributed by atoms with Gasteiger partial charge in [-0.2, -0.15) is 0 Å². The summed E-state index contributed by atoms with van der Waals surface area (Å²) in [6.45, 7) is 0.729. The highest BCUT2D eigenvalue weighted by Crippen LogP contribution is 2.24. The summed E-state index contributed by atoms with van der Waals surface area (Å²) in [4.78, 5) is 0. The lowest BCUT2D eigenvalue weighted by atomic mass is 10.2. The predicted molar refractivity (Wildman–Crippen MR) is 77.9 cm³/mol. The number of fused-ring (bicyclic) bond motifs is 1. The summed E-state index contributed by atoms with van der Waals surface area (Å²) in [5.74, 6) is 0.860. The van der Waals surface area contributed by atoms with Crippen LogP contribution in [0.4, 0.5) is 0 Å². The molecule has 1 radical (unpaired) electrons. The molecule has 0 atom stereocenters. The van der Waals surface area contributed by atoms with Crippen LogP contribution >= 0.6 is 11.6 Å². The van der Waals surface area contributed by atoms with Gasteiger partial charge >= 0.3 is 0 Å². The topological polar surface area (TPSA) is 14.2 Å². The minimum Gasteiger partial charge on any atom is -0.497 e. The Hall–Kier alpha value is -1.93. The largest absolute Gasteiger partial charge is 0.497 e. The maximum absolute atomic E-state index is 6.26. The lowest BCUT2D eigenvalue weighted by molar-refractivity contribution is 0.414. The molecule has 2 aromatic carbocycles. The van der Waals surface area contributed by atoms with E-state index in [1.54, 1.807) is 7.11 Å². The van der Waals surface area contributed by atoms with Gasteiger partial charge in [0.25, 0.3) is 0 Å². The van der Waals surface area contributed by atoms with E-state index in [0.717, 1.165) is 23.2 Å². The quantitative estimate of drug-likeness (QED) is 0.697. The van der Waals surface area contributed by atoms with E-state index in [2.05, 4.69) is 16.7 Å². The zero-order chi connectivity index (χ0) is 13.2. The van der Waals surface area contributed by atoms with E-state index in [1.807, 2.05) is 42.5 Å². The number of rotatable bonds is 3. The molecule has 19 heavy (non-hydrogen) atoms. The Bertz CT molecular complexity index is 700. The van der Waals surface area contributed by atoms with Crippen molar-refractivity contribution in [3.8, 4) is 5.75 Å². The Kier molecular flexibility index (Phi) is 3.18. The Morgan fingerprint density at radius 2 is 1.84 bits per heavy atom. The summed E-state index contributed by atoms with van der Waals surface area (Å²) in [5, 5.41) is 1.68. The highest BCUT2D eigenvalue weighted by Gasteiger charge is 2.07. The Balaban J connectivity index is 1.98. The Labute approximate surface area is 117 Å². The third kappa shape index (κ3) is 2.32. The summed E-state index contributed by atoms with van der Waals surface area (Å²) in [6.07, 6.45) is 0. The molecule has 0 bridgehead atoms. The van der Waals surface area contributed by atoms with Crippen molar-refractivity contribution in [3.63, 3.8) is 0 Å². The molecule has 2 nitrogen and oxygen atoms in total. The van der Waals surface area contributed by atoms with E-state index in [9.17, 15) is 0 Å². The van der Waals surface area contributed by atoms with Crippen molar-refractivity contribution >= 4 is 22.5 Å². The van der Waals surface area contributed by atoms with E-state index in [1.165, 1.54) is 5.56 Å². The molecule has 3 heteroatoms. The Morgan fingerprint density at radius 1 is 1.11 bits per heavy atom. The van der Waals surface area contributed by atoms with Crippen LogP contribution in [0, 0.1) is 6.07 Å². The first-order chi connectivity index (χ1) is 9.28. The van der Waals surface area contributed by atoms with Gasteiger partial charge in [0.2, 0.25) is 0 Å². The van der Waals surface area contributed by atoms with Gasteiger partial charge < -0.3 is 9.30 Å². The molecule has 3 aromatic rings. The summed E-state index contributed by atoms with van der Waals surface area (Å²) in [5.41, 5.74) is 2.28. The monoisotopic (exact) mass is 270 g/mol. The maximum Gasteiger partial charge on any atom is 0.118 e. The van der Waals surface area contributed by atoms with Gasteiger partial charge in [0.1, 0.15) is 10.9 Å². The molecule has 0 aliphatic heterocycles. The fourth-order valence-electron chi connectivity index (χ4n) is 2.17. The van der Waals surface area contributed by atoms with Crippen molar-refractivity contribution < 1.29 is 4.74 Å². The molecular formula is C16H13ClNO. The molecular weight excluding hydrogens is 258 g/mol. The van der Waals surface area contributed by atoms with Crippen LogP contribution in [0.25, 0.3) is 10.9 Å². The van der Waals surface area contributed by atoms with Gasteiger partial charge in [-0.15, -0.1) is 0 Å². The van der Waals surface area contributed by atoms with Crippen molar-refractivity contribution in [2.75, 3.05) is 7.11 Å². The molecule has 0 saturated carbocycles. The molecule has 1 heterocycles. The number of halogens is 1. The lowest BCUT2D eigenvalue weighted by Gasteiger charge is -2.08. The summed E-state index contributed by atoms with van der Waals surface area (Å²) >= 11 is 6.26. The fraction of sp³-hybridized carbons (Fsp3) is 0.125. The molecule has 0 aliphatic carbocycles. The van der Waals surface area contributed by atoms with Gasteiger partial charge in [-0.05, 0) is 23.8 Å². The smallest absolute Gasteiger partial charge is 0.118 e. The van der Waals surface area contributed by atoms with Crippen LogP contribution in [-0.2, 0) is 6.54 Å². The molecule has 95 valence electrons. The van der Waals surface area contributed by atoms with Crippen LogP contribution in [0.5, 0.6) is 5.75 Å². The van der Waals surface area contributed by atoms with Crippen LogP contribution in [0.1, 0.15) is 5.56 Å². The van der Waals surface area contributed by atoms with Gasteiger partial charge in [0.05, 0.1) is 12.6 Å². The zero-order valence-electron chi connectivity index (χ0n) is 10.6. The molecule has 0 unspecified atom stereocenters. The minimum absolute atomic E-state index is 0.636. The average molecular weight is 271 g/mol. The second-order valence-corrected chi connectivity index (χ2v) is 4.73.